The third-order valence-electron chi connectivity index (χ3n) is 12.8. The molecule has 2 aliphatic heterocycles. The molecule has 0 aliphatic carbocycles. The number of H-pyrrole nitrogens is 1. The topological polar surface area (TPSA) is 145 Å². The Morgan fingerprint density at radius 1 is 0.459 bits per heavy atom. The van der Waals surface area contributed by atoms with Crippen LogP contribution in [0, 0.1) is 0 Å². The zero-order valence-electron chi connectivity index (χ0n) is 39.2. The fourth-order valence-corrected chi connectivity index (χ4v) is 13.0. The highest BCUT2D eigenvalue weighted by atomic mass is 32.2. The highest BCUT2D eigenvalue weighted by molar-refractivity contribution is 8.03. The Morgan fingerprint density at radius 3 is 1.39 bits per heavy atom. The molecule has 0 unspecified atom stereocenters. The molecule has 11 aromatic rings. The molecule has 0 radical (unpaired) electrons. The van der Waals surface area contributed by atoms with Gasteiger partial charge in [-0.3, -0.25) is 0 Å². The maximum atomic E-state index is 11.9. The van der Waals surface area contributed by atoms with Crippen molar-refractivity contribution < 1.29 is 14.7 Å². The zero-order valence-corrected chi connectivity index (χ0v) is 41.7. The summed E-state index contributed by atoms with van der Waals surface area (Å²) >= 11 is 5.47. The molecule has 8 aromatic carbocycles. The molecule has 0 atom stereocenters. The minimum Gasteiger partial charge on any atom is -0.478 e. The van der Waals surface area contributed by atoms with Gasteiger partial charge in [-0.1, -0.05) is 164 Å². The van der Waals surface area contributed by atoms with Crippen molar-refractivity contribution in [3.05, 3.63) is 216 Å². The van der Waals surface area contributed by atoms with Crippen LogP contribution in [0.3, 0.4) is 0 Å². The van der Waals surface area contributed by atoms with E-state index in [-0.39, 0.29) is 5.56 Å². The molecular weight excluding hydrogens is 977 g/mol. The van der Waals surface area contributed by atoms with Gasteiger partial charge >= 0.3 is 5.97 Å². The van der Waals surface area contributed by atoms with E-state index < -0.39 is 5.97 Å². The van der Waals surface area contributed by atoms with E-state index in [0.717, 1.165) is 70.8 Å². The summed E-state index contributed by atoms with van der Waals surface area (Å²) in [6.45, 7) is 0. The molecule has 74 heavy (non-hydrogen) atoms. The Morgan fingerprint density at radius 2 is 0.892 bits per heavy atom. The van der Waals surface area contributed by atoms with Crippen molar-refractivity contribution in [3.63, 3.8) is 0 Å². The van der Waals surface area contributed by atoms with Gasteiger partial charge in [-0.2, -0.15) is 0 Å². The number of fused-ring (bicyclic) bond motifs is 20. The molecule has 0 saturated carbocycles. The molecule has 0 spiro atoms. The van der Waals surface area contributed by atoms with Gasteiger partial charge in [0.2, 0.25) is 0 Å². The first-order valence-corrected chi connectivity index (χ1v) is 26.8. The third kappa shape index (κ3) is 8.62. The van der Waals surface area contributed by atoms with Crippen LogP contribution in [0.4, 0.5) is 0 Å². The SMILES string of the molecule is O=C(O)c1ccc(On2c3nc4nc(nc5[nH]c(nc6nc(nc2c2ccccc23)-c2ccccc2-6)c2c(SCc3ccccc3)c(SCc3ccccc3)c(SCc3ccccc3)cc52)-c2ccccc2-4)cc1. The highest BCUT2D eigenvalue weighted by Gasteiger charge is 2.26. The van der Waals surface area contributed by atoms with Crippen molar-refractivity contribution in [1.82, 2.24) is 39.6 Å². The Labute approximate surface area is 436 Å². The van der Waals surface area contributed by atoms with Crippen molar-refractivity contribution in [3.8, 4) is 51.3 Å². The van der Waals surface area contributed by atoms with Gasteiger partial charge in [0.05, 0.1) is 5.56 Å². The zero-order chi connectivity index (χ0) is 49.5. The number of hydrogen-bond donors (Lipinski definition) is 2. The number of carboxylic acids is 1. The number of thioether (sulfide) groups is 3. The molecule has 356 valence electrons. The number of hydrogen-bond acceptors (Lipinski definition) is 11. The quantitative estimate of drug-likeness (QED) is 0.112. The summed E-state index contributed by atoms with van der Waals surface area (Å²) in [5, 5.41) is 13.1. The summed E-state index contributed by atoms with van der Waals surface area (Å²) < 4.78 is 1.58. The fourth-order valence-electron chi connectivity index (χ4n) is 9.22. The van der Waals surface area contributed by atoms with E-state index in [1.807, 2.05) is 96.3 Å². The summed E-state index contributed by atoms with van der Waals surface area (Å²) in [5.41, 5.74) is 9.09. The van der Waals surface area contributed by atoms with E-state index in [1.54, 1.807) is 28.6 Å². The number of carboxylic acid groups (broad SMARTS) is 1. The third-order valence-corrected chi connectivity index (χ3v) is 16.5. The number of benzene rings is 8. The molecule has 2 N–H and O–H groups in total. The molecule has 0 amide bonds. The second-order valence-corrected chi connectivity index (χ2v) is 20.6. The van der Waals surface area contributed by atoms with E-state index in [1.165, 1.54) is 33.7 Å². The van der Waals surface area contributed by atoms with E-state index in [4.69, 9.17) is 34.7 Å². The summed E-state index contributed by atoms with van der Waals surface area (Å²) in [6.07, 6.45) is 0. The summed E-state index contributed by atoms with van der Waals surface area (Å²) in [6, 6.07) is 64.1. The monoisotopic (exact) mass is 1020 g/mol. The van der Waals surface area contributed by atoms with E-state index in [9.17, 15) is 9.90 Å². The molecule has 5 heterocycles. The number of rotatable bonds is 12. The molecule has 2 aliphatic rings. The van der Waals surface area contributed by atoms with Gasteiger partial charge in [0.1, 0.15) is 11.3 Å². The van der Waals surface area contributed by atoms with Gasteiger partial charge in [-0.05, 0) is 47.0 Å². The Hall–Kier alpha value is -8.56. The second-order valence-electron chi connectivity index (χ2n) is 17.6. The van der Waals surface area contributed by atoms with Crippen molar-refractivity contribution in [2.75, 3.05) is 0 Å². The summed E-state index contributed by atoms with van der Waals surface area (Å²) in [5.74, 6) is 3.44. The molecule has 14 heteroatoms. The van der Waals surface area contributed by atoms with E-state index in [2.05, 4.69) is 102 Å². The minimum atomic E-state index is -1.04. The largest absolute Gasteiger partial charge is 0.478 e. The average molecular weight is 1020 g/mol. The van der Waals surface area contributed by atoms with Crippen molar-refractivity contribution in [1.29, 1.82) is 0 Å². The average Bonchev–Trinajstić information content (AvgIpc) is 4.18. The summed E-state index contributed by atoms with van der Waals surface area (Å²) in [4.78, 5) is 57.9. The number of aromatic amines is 1. The van der Waals surface area contributed by atoms with Gasteiger partial charge in [0.25, 0.3) is 0 Å². The summed E-state index contributed by atoms with van der Waals surface area (Å²) in [7, 11) is 0. The molecule has 13 rings (SSSR count). The molecule has 0 fully saturated rings. The fraction of sp³-hybridized carbons (Fsp3) is 0.0500. The molecular formula is C60H40N8O3S3. The van der Waals surface area contributed by atoms with Crippen LogP contribution in [0.2, 0.25) is 0 Å². The molecule has 11 nitrogen and oxygen atoms in total. The number of aromatic nitrogens is 8. The first-order chi connectivity index (χ1) is 36.5. The maximum Gasteiger partial charge on any atom is 0.335 e. The lowest BCUT2D eigenvalue weighted by Gasteiger charge is -2.16. The van der Waals surface area contributed by atoms with Crippen LogP contribution in [0.25, 0.3) is 89.7 Å². The smallest absolute Gasteiger partial charge is 0.335 e. The van der Waals surface area contributed by atoms with E-state index >= 15 is 0 Å². The molecule has 3 aromatic heterocycles. The minimum absolute atomic E-state index is 0.131. The van der Waals surface area contributed by atoms with E-state index in [0.29, 0.717) is 51.6 Å². The highest BCUT2D eigenvalue weighted by Crippen LogP contribution is 2.48. The number of aromatic carboxylic acids is 1. The maximum absolute atomic E-state index is 11.9. The lowest BCUT2D eigenvalue weighted by Crippen LogP contribution is -2.07. The van der Waals surface area contributed by atoms with Crippen LogP contribution in [-0.2, 0) is 17.3 Å². The number of nitrogens with one attached hydrogen (secondary N) is 1. The lowest BCUT2D eigenvalue weighted by atomic mass is 10.1. The van der Waals surface area contributed by atoms with Gasteiger partial charge in [-0.25, -0.2) is 34.7 Å². The Kier molecular flexibility index (Phi) is 11.9. The van der Waals surface area contributed by atoms with Gasteiger partial charge in [-0.15, -0.1) is 40.0 Å². The first-order valence-electron chi connectivity index (χ1n) is 23.8. The number of nitrogens with zero attached hydrogens (tertiary/aromatic N) is 7. The van der Waals surface area contributed by atoms with Crippen LogP contribution >= 0.6 is 35.3 Å². The second kappa shape index (κ2) is 19.5. The lowest BCUT2D eigenvalue weighted by molar-refractivity contribution is 0.0696. The van der Waals surface area contributed by atoms with Crippen molar-refractivity contribution in [2.24, 2.45) is 0 Å². The predicted molar refractivity (Wildman–Crippen MR) is 297 cm³/mol. The Bertz CT molecular complexity index is 4160. The van der Waals surface area contributed by atoms with Gasteiger partial charge in [0, 0.05) is 75.7 Å². The van der Waals surface area contributed by atoms with Gasteiger partial charge in [0.15, 0.2) is 40.3 Å². The van der Waals surface area contributed by atoms with Gasteiger partial charge < -0.3 is 14.9 Å². The van der Waals surface area contributed by atoms with Crippen molar-refractivity contribution in [2.45, 2.75) is 31.9 Å². The van der Waals surface area contributed by atoms with Crippen molar-refractivity contribution >= 4 is 85.4 Å². The molecule has 0 saturated heterocycles. The van der Waals surface area contributed by atoms with Crippen LogP contribution < -0.4 is 4.84 Å². The van der Waals surface area contributed by atoms with Crippen LogP contribution in [0.1, 0.15) is 27.0 Å². The van der Waals surface area contributed by atoms with Crippen LogP contribution in [0.15, 0.2) is 209 Å². The first kappa shape index (κ1) is 45.3. The normalized spacial score (nSPS) is 11.7. The Balaban J connectivity index is 1.14. The standard InChI is InChI=1S/C60H40N8O3S3/c69-60(70)39-28-30-40(31-29-39)71-68-58-45-26-14-15-27-46(45)59(68)67-55-44-25-13-11-23-42(44)53(62-55)64-57-49-47(56(65-57)63-52-41-22-10-12-24-43(41)54(61-52)66-58)32-48(72-33-36-16-4-1-5-17-36)50(73-34-37-18-6-2-7-19-37)51(49)74-35-38-20-8-3-9-21-38/h1-32H,33-35H2,(H,69,70)(H,61,62,63,64,65,66,67). The molecule has 8 bridgehead atoms. The van der Waals surface area contributed by atoms with Crippen LogP contribution in [0.5, 0.6) is 5.75 Å². The predicted octanol–water partition coefficient (Wildman–Crippen LogP) is 14.8. The van der Waals surface area contributed by atoms with Crippen LogP contribution in [-0.4, -0.2) is 50.7 Å². The number of carbonyl (C=O) groups is 1.